The maximum atomic E-state index is 11.0. The molecule has 15 heavy (non-hydrogen) atoms. The van der Waals surface area contributed by atoms with Gasteiger partial charge in [-0.3, -0.25) is 9.78 Å². The lowest BCUT2D eigenvalue weighted by Gasteiger charge is -2.03. The lowest BCUT2D eigenvalue weighted by molar-refractivity contribution is 1.12. The number of aromatic nitrogens is 3. The average molecular weight is 220 g/mol. The van der Waals surface area contributed by atoms with Crippen LogP contribution in [0.4, 0.5) is 11.6 Å². The Morgan fingerprint density at radius 3 is 3.00 bits per heavy atom. The highest BCUT2D eigenvalue weighted by Gasteiger charge is 1.97. The lowest BCUT2D eigenvalue weighted by Crippen LogP contribution is -2.08. The SMILES string of the molecule is O=c1ccnc(Nc2ccc[nH]c2=S)[nH]1. The Balaban J connectivity index is 2.34. The predicted molar refractivity (Wildman–Crippen MR) is 59.8 cm³/mol. The molecule has 0 atom stereocenters. The summed E-state index contributed by atoms with van der Waals surface area (Å²) in [6, 6.07) is 4.95. The third kappa shape index (κ3) is 2.29. The molecule has 0 saturated heterocycles. The Bertz CT molecular complexity index is 574. The maximum absolute atomic E-state index is 11.0. The van der Waals surface area contributed by atoms with E-state index in [1.807, 2.05) is 0 Å². The molecule has 0 spiro atoms. The van der Waals surface area contributed by atoms with Crippen LogP contribution in [0, 0.1) is 4.64 Å². The fraction of sp³-hybridized carbons (Fsp3) is 0. The van der Waals surface area contributed by atoms with Crippen molar-refractivity contribution < 1.29 is 0 Å². The molecule has 0 saturated carbocycles. The number of aromatic amines is 2. The van der Waals surface area contributed by atoms with Crippen LogP contribution in [0.2, 0.25) is 0 Å². The number of rotatable bonds is 2. The maximum Gasteiger partial charge on any atom is 0.252 e. The molecule has 0 bridgehead atoms. The van der Waals surface area contributed by atoms with Gasteiger partial charge in [0.2, 0.25) is 5.95 Å². The molecule has 2 aromatic heterocycles. The van der Waals surface area contributed by atoms with Gasteiger partial charge in [-0.25, -0.2) is 4.98 Å². The van der Waals surface area contributed by atoms with E-state index in [2.05, 4.69) is 20.3 Å². The van der Waals surface area contributed by atoms with E-state index in [0.29, 0.717) is 16.3 Å². The predicted octanol–water partition coefficient (Wildman–Crippen LogP) is 1.57. The minimum absolute atomic E-state index is 0.210. The van der Waals surface area contributed by atoms with Crippen LogP contribution in [0.25, 0.3) is 0 Å². The molecule has 0 aliphatic rings. The van der Waals surface area contributed by atoms with Gasteiger partial charge in [-0.05, 0) is 12.1 Å². The summed E-state index contributed by atoms with van der Waals surface area (Å²) >= 11 is 5.05. The molecule has 5 nitrogen and oxygen atoms in total. The van der Waals surface area contributed by atoms with Crippen molar-refractivity contribution in [1.29, 1.82) is 0 Å². The fourth-order valence-corrected chi connectivity index (χ4v) is 1.27. The van der Waals surface area contributed by atoms with Crippen molar-refractivity contribution in [2.24, 2.45) is 0 Å². The number of anilines is 2. The Kier molecular flexibility index (Phi) is 2.59. The summed E-state index contributed by atoms with van der Waals surface area (Å²) in [6.45, 7) is 0. The molecule has 0 fully saturated rings. The number of nitrogens with zero attached hydrogens (tertiary/aromatic N) is 1. The van der Waals surface area contributed by atoms with Gasteiger partial charge in [-0.15, -0.1) is 0 Å². The molecule has 3 N–H and O–H groups in total. The van der Waals surface area contributed by atoms with E-state index in [1.54, 1.807) is 18.3 Å². The molecule has 2 heterocycles. The number of pyridine rings is 1. The van der Waals surface area contributed by atoms with E-state index in [-0.39, 0.29) is 5.56 Å². The van der Waals surface area contributed by atoms with Crippen LogP contribution < -0.4 is 10.9 Å². The number of hydrogen-bond donors (Lipinski definition) is 3. The minimum atomic E-state index is -0.210. The van der Waals surface area contributed by atoms with Gasteiger partial charge in [0.1, 0.15) is 4.64 Å². The number of nitrogens with one attached hydrogen (secondary N) is 3. The van der Waals surface area contributed by atoms with Gasteiger partial charge < -0.3 is 10.3 Å². The van der Waals surface area contributed by atoms with Crippen LogP contribution in [0.1, 0.15) is 0 Å². The van der Waals surface area contributed by atoms with Crippen molar-refractivity contribution >= 4 is 23.9 Å². The summed E-state index contributed by atoms with van der Waals surface area (Å²) in [4.78, 5) is 20.4. The molecule has 0 radical (unpaired) electrons. The zero-order valence-electron chi connectivity index (χ0n) is 7.65. The summed E-state index contributed by atoms with van der Waals surface area (Å²) < 4.78 is 0.559. The van der Waals surface area contributed by atoms with Crippen LogP contribution >= 0.6 is 12.2 Å². The molecule has 0 aromatic carbocycles. The van der Waals surface area contributed by atoms with Crippen LogP contribution in [0.3, 0.4) is 0 Å². The van der Waals surface area contributed by atoms with Crippen molar-refractivity contribution in [2.45, 2.75) is 0 Å². The zero-order valence-corrected chi connectivity index (χ0v) is 8.47. The summed E-state index contributed by atoms with van der Waals surface area (Å²) in [7, 11) is 0. The molecule has 0 aliphatic carbocycles. The fourth-order valence-electron chi connectivity index (χ4n) is 1.08. The molecule has 2 rings (SSSR count). The molecule has 0 aliphatic heterocycles. The van der Waals surface area contributed by atoms with Gasteiger partial charge in [0.05, 0.1) is 5.69 Å². The van der Waals surface area contributed by atoms with E-state index in [0.717, 1.165) is 0 Å². The van der Waals surface area contributed by atoms with Crippen LogP contribution in [0.15, 0.2) is 35.4 Å². The third-order valence-electron chi connectivity index (χ3n) is 1.74. The van der Waals surface area contributed by atoms with Gasteiger partial charge >= 0.3 is 0 Å². The summed E-state index contributed by atoms with van der Waals surface area (Å²) in [5, 5.41) is 2.91. The Labute approximate surface area is 90.2 Å². The molecule has 0 unspecified atom stereocenters. The van der Waals surface area contributed by atoms with E-state index >= 15 is 0 Å². The molecule has 2 aromatic rings. The molecule has 76 valence electrons. The highest BCUT2D eigenvalue weighted by molar-refractivity contribution is 7.71. The number of H-pyrrole nitrogens is 2. The van der Waals surface area contributed by atoms with Gasteiger partial charge in [0.25, 0.3) is 5.56 Å². The van der Waals surface area contributed by atoms with E-state index in [4.69, 9.17) is 12.2 Å². The standard InChI is InChI=1S/C9H8N4OS/c14-7-3-5-11-9(13-7)12-6-2-1-4-10-8(6)15/h1-5H,(H,10,15)(H2,11,12,13,14). The largest absolute Gasteiger partial charge is 0.351 e. The molecular formula is C9H8N4OS. The summed E-state index contributed by atoms with van der Waals surface area (Å²) in [5.41, 5.74) is 0.486. The quantitative estimate of drug-likeness (QED) is 0.672. The Morgan fingerprint density at radius 1 is 1.40 bits per heavy atom. The second-order valence-electron chi connectivity index (χ2n) is 2.82. The van der Waals surface area contributed by atoms with Gasteiger partial charge in [-0.1, -0.05) is 12.2 Å². The monoisotopic (exact) mass is 220 g/mol. The van der Waals surface area contributed by atoms with Gasteiger partial charge in [0, 0.05) is 18.5 Å². The second kappa shape index (κ2) is 4.05. The van der Waals surface area contributed by atoms with E-state index in [9.17, 15) is 4.79 Å². The van der Waals surface area contributed by atoms with Crippen molar-refractivity contribution in [2.75, 3.05) is 5.32 Å². The van der Waals surface area contributed by atoms with Crippen molar-refractivity contribution in [1.82, 2.24) is 15.0 Å². The van der Waals surface area contributed by atoms with E-state index < -0.39 is 0 Å². The normalized spacial score (nSPS) is 9.87. The molecule has 0 amide bonds. The molecular weight excluding hydrogens is 212 g/mol. The van der Waals surface area contributed by atoms with Crippen LogP contribution in [-0.4, -0.2) is 15.0 Å². The van der Waals surface area contributed by atoms with Gasteiger partial charge in [0.15, 0.2) is 0 Å². The van der Waals surface area contributed by atoms with Crippen LogP contribution in [0.5, 0.6) is 0 Å². The first-order valence-electron chi connectivity index (χ1n) is 4.26. The topological polar surface area (TPSA) is 73.6 Å². The van der Waals surface area contributed by atoms with Crippen molar-refractivity contribution in [3.8, 4) is 0 Å². The first-order valence-corrected chi connectivity index (χ1v) is 4.66. The first kappa shape index (κ1) is 9.60. The highest BCUT2D eigenvalue weighted by Crippen LogP contribution is 2.10. The smallest absolute Gasteiger partial charge is 0.252 e. The summed E-state index contributed by atoms with van der Waals surface area (Å²) in [6.07, 6.45) is 3.16. The first-order chi connectivity index (χ1) is 7.25. The van der Waals surface area contributed by atoms with E-state index in [1.165, 1.54) is 12.3 Å². The van der Waals surface area contributed by atoms with Crippen molar-refractivity contribution in [3.05, 3.63) is 45.6 Å². The highest BCUT2D eigenvalue weighted by atomic mass is 32.1. The second-order valence-corrected chi connectivity index (χ2v) is 3.23. The average Bonchev–Trinajstić information content (AvgIpc) is 2.22. The van der Waals surface area contributed by atoms with Crippen LogP contribution in [-0.2, 0) is 0 Å². The third-order valence-corrected chi connectivity index (χ3v) is 2.08. The summed E-state index contributed by atoms with van der Waals surface area (Å²) in [5.74, 6) is 0.369. The number of hydrogen-bond acceptors (Lipinski definition) is 4. The Morgan fingerprint density at radius 2 is 2.27 bits per heavy atom. The minimum Gasteiger partial charge on any atom is -0.351 e. The molecule has 6 heteroatoms. The van der Waals surface area contributed by atoms with Gasteiger partial charge in [-0.2, -0.15) is 0 Å². The zero-order chi connectivity index (χ0) is 10.7. The lowest BCUT2D eigenvalue weighted by atomic mass is 10.4. The van der Waals surface area contributed by atoms with Crippen molar-refractivity contribution in [3.63, 3.8) is 0 Å². The Hall–Kier alpha value is -1.95.